The molecule has 0 aliphatic rings. The average molecular weight is 377 g/mol. The summed E-state index contributed by atoms with van der Waals surface area (Å²) in [7, 11) is 2.11. The van der Waals surface area contributed by atoms with Gasteiger partial charge in [0.05, 0.1) is 11.4 Å². The molecule has 3 heterocycles. The Kier molecular flexibility index (Phi) is 4.99. The Bertz CT molecular complexity index is 981. The van der Waals surface area contributed by atoms with Crippen molar-refractivity contribution in [3.63, 3.8) is 0 Å². The molecular weight excluding hydrogens is 358 g/mol. The van der Waals surface area contributed by atoms with Gasteiger partial charge in [-0.3, -0.25) is 4.90 Å². The predicted molar refractivity (Wildman–Crippen MR) is 104 cm³/mol. The van der Waals surface area contributed by atoms with E-state index in [1.807, 2.05) is 6.07 Å². The van der Waals surface area contributed by atoms with Crippen LogP contribution in [0.3, 0.4) is 0 Å². The first-order valence-corrected chi connectivity index (χ1v) is 9.45. The lowest BCUT2D eigenvalue weighted by atomic mass is 10.1. The van der Waals surface area contributed by atoms with E-state index in [9.17, 15) is 0 Å². The molecule has 4 rings (SSSR count). The number of rotatable bonds is 6. The molecule has 0 N–H and O–H groups in total. The van der Waals surface area contributed by atoms with Gasteiger partial charge in [-0.25, -0.2) is 24.6 Å². The summed E-state index contributed by atoms with van der Waals surface area (Å²) in [5.74, 6) is 0.674. The van der Waals surface area contributed by atoms with Crippen LogP contribution < -0.4 is 0 Å². The van der Waals surface area contributed by atoms with Crippen LogP contribution in [-0.2, 0) is 6.54 Å². The van der Waals surface area contributed by atoms with E-state index in [0.29, 0.717) is 5.82 Å². The Balaban J connectivity index is 1.43. The second-order valence-corrected chi connectivity index (χ2v) is 7.10. The van der Waals surface area contributed by atoms with E-state index >= 15 is 0 Å². The Morgan fingerprint density at radius 1 is 1.15 bits per heavy atom. The zero-order chi connectivity index (χ0) is 18.6. The molecule has 1 atom stereocenters. The van der Waals surface area contributed by atoms with E-state index in [4.69, 9.17) is 0 Å². The van der Waals surface area contributed by atoms with Gasteiger partial charge >= 0.3 is 0 Å². The molecule has 0 amide bonds. The van der Waals surface area contributed by atoms with Crippen LogP contribution in [0.25, 0.3) is 16.5 Å². The first-order chi connectivity index (χ1) is 13.2. The van der Waals surface area contributed by atoms with Gasteiger partial charge in [-0.05, 0) is 37.7 Å². The molecular formula is C19H19N7S. The first kappa shape index (κ1) is 17.4. The summed E-state index contributed by atoms with van der Waals surface area (Å²) >= 11 is 1.57. The summed E-state index contributed by atoms with van der Waals surface area (Å²) in [5, 5.41) is 7.08. The van der Waals surface area contributed by atoms with Crippen LogP contribution >= 0.6 is 11.3 Å². The Labute approximate surface area is 161 Å². The van der Waals surface area contributed by atoms with Crippen LogP contribution in [0.1, 0.15) is 24.2 Å². The van der Waals surface area contributed by atoms with Crippen molar-refractivity contribution in [2.24, 2.45) is 0 Å². The maximum atomic E-state index is 4.68. The van der Waals surface area contributed by atoms with Gasteiger partial charge in [-0.15, -0.1) is 11.3 Å². The molecule has 0 bridgehead atoms. The zero-order valence-electron chi connectivity index (χ0n) is 15.1. The molecule has 0 spiro atoms. The first-order valence-electron chi connectivity index (χ1n) is 8.57. The highest BCUT2D eigenvalue weighted by molar-refractivity contribution is 7.13. The molecule has 0 saturated carbocycles. The quantitative estimate of drug-likeness (QED) is 0.513. The van der Waals surface area contributed by atoms with Gasteiger partial charge < -0.3 is 0 Å². The minimum Gasteiger partial charge on any atom is -0.294 e. The summed E-state index contributed by atoms with van der Waals surface area (Å²) in [6.45, 7) is 2.95. The second-order valence-electron chi connectivity index (χ2n) is 6.24. The van der Waals surface area contributed by atoms with Crippen LogP contribution in [0.15, 0.2) is 60.8 Å². The number of thiazole rings is 1. The van der Waals surface area contributed by atoms with Gasteiger partial charge in [0.25, 0.3) is 0 Å². The molecule has 4 aromatic rings. The lowest BCUT2D eigenvalue weighted by Crippen LogP contribution is -2.22. The Morgan fingerprint density at radius 3 is 2.63 bits per heavy atom. The van der Waals surface area contributed by atoms with Crippen molar-refractivity contribution < 1.29 is 0 Å². The highest BCUT2D eigenvalue weighted by Crippen LogP contribution is 2.24. The van der Waals surface area contributed by atoms with Gasteiger partial charge in [-0.1, -0.05) is 12.1 Å². The molecule has 136 valence electrons. The molecule has 0 saturated heterocycles. The van der Waals surface area contributed by atoms with E-state index < -0.39 is 0 Å². The molecule has 27 heavy (non-hydrogen) atoms. The summed E-state index contributed by atoms with van der Waals surface area (Å²) in [6.07, 6.45) is 6.70. The van der Waals surface area contributed by atoms with Crippen molar-refractivity contribution in [3.05, 3.63) is 72.0 Å². The predicted octanol–water partition coefficient (Wildman–Crippen LogP) is 3.37. The van der Waals surface area contributed by atoms with E-state index in [0.717, 1.165) is 22.9 Å². The largest absolute Gasteiger partial charge is 0.294 e. The number of nitrogens with zero attached hydrogens (tertiary/aromatic N) is 7. The molecule has 8 heteroatoms. The molecule has 3 aromatic heterocycles. The van der Waals surface area contributed by atoms with E-state index in [1.165, 1.54) is 11.9 Å². The van der Waals surface area contributed by atoms with Gasteiger partial charge in [0.2, 0.25) is 0 Å². The van der Waals surface area contributed by atoms with E-state index in [-0.39, 0.29) is 6.04 Å². The van der Waals surface area contributed by atoms with E-state index in [1.54, 1.807) is 34.7 Å². The Morgan fingerprint density at radius 2 is 1.93 bits per heavy atom. The minimum atomic E-state index is 0.257. The number of hydrogen-bond donors (Lipinski definition) is 0. The maximum absolute atomic E-state index is 4.68. The summed E-state index contributed by atoms with van der Waals surface area (Å²) < 4.78 is 1.75. The lowest BCUT2D eigenvalue weighted by molar-refractivity contribution is 0.250. The fourth-order valence-corrected chi connectivity index (χ4v) is 3.54. The number of aromatic nitrogens is 6. The fraction of sp³-hybridized carbons (Fsp3) is 0.211. The minimum absolute atomic E-state index is 0.257. The standard InChI is InChI=1S/C19H19N7S/c1-14(15-4-6-17(7-5-15)26-13-20-12-23-26)25(2)10-16-11-27-19(24-16)18-21-8-3-9-22-18/h3-9,11-14H,10H2,1-2H3/t14-/m0/s1. The summed E-state index contributed by atoms with van der Waals surface area (Å²) in [6, 6.07) is 10.4. The van der Waals surface area contributed by atoms with Gasteiger partial charge in [0.15, 0.2) is 10.8 Å². The molecule has 7 nitrogen and oxygen atoms in total. The molecule has 0 radical (unpaired) electrons. The van der Waals surface area contributed by atoms with Crippen molar-refractivity contribution in [2.45, 2.75) is 19.5 Å². The average Bonchev–Trinajstić information content (AvgIpc) is 3.40. The second kappa shape index (κ2) is 7.73. The van der Waals surface area contributed by atoms with Gasteiger partial charge in [0, 0.05) is 30.4 Å². The van der Waals surface area contributed by atoms with Crippen LogP contribution in [0, 0.1) is 0 Å². The van der Waals surface area contributed by atoms with Crippen molar-refractivity contribution in [1.82, 2.24) is 34.6 Å². The van der Waals surface area contributed by atoms with Crippen LogP contribution in [0.2, 0.25) is 0 Å². The number of benzene rings is 1. The third-order valence-electron chi connectivity index (χ3n) is 4.44. The smallest absolute Gasteiger partial charge is 0.188 e. The van der Waals surface area contributed by atoms with Crippen LogP contribution in [-0.4, -0.2) is 41.7 Å². The van der Waals surface area contributed by atoms with Crippen LogP contribution in [0.4, 0.5) is 0 Å². The van der Waals surface area contributed by atoms with E-state index in [2.05, 4.69) is 73.6 Å². The fourth-order valence-electron chi connectivity index (χ4n) is 2.79. The molecule has 0 fully saturated rings. The Hall–Kier alpha value is -2.97. The van der Waals surface area contributed by atoms with Gasteiger partial charge in [-0.2, -0.15) is 5.10 Å². The molecule has 1 aromatic carbocycles. The summed E-state index contributed by atoms with van der Waals surface area (Å²) in [5.41, 5.74) is 3.26. The highest BCUT2D eigenvalue weighted by atomic mass is 32.1. The van der Waals surface area contributed by atoms with Crippen molar-refractivity contribution in [1.29, 1.82) is 0 Å². The maximum Gasteiger partial charge on any atom is 0.188 e. The topological polar surface area (TPSA) is 72.6 Å². The SMILES string of the molecule is C[C@@H](c1ccc(-n2cncn2)cc1)N(C)Cc1csc(-c2ncccn2)n1. The normalized spacial score (nSPS) is 12.4. The van der Waals surface area contributed by atoms with Crippen molar-refractivity contribution >= 4 is 11.3 Å². The molecule has 0 aliphatic carbocycles. The lowest BCUT2D eigenvalue weighted by Gasteiger charge is -2.24. The van der Waals surface area contributed by atoms with Gasteiger partial charge in [0.1, 0.15) is 12.7 Å². The third-order valence-corrected chi connectivity index (χ3v) is 5.33. The zero-order valence-corrected chi connectivity index (χ0v) is 15.9. The molecule has 0 unspecified atom stereocenters. The summed E-state index contributed by atoms with van der Waals surface area (Å²) in [4.78, 5) is 19.5. The van der Waals surface area contributed by atoms with Crippen molar-refractivity contribution in [2.75, 3.05) is 7.05 Å². The van der Waals surface area contributed by atoms with Crippen molar-refractivity contribution in [3.8, 4) is 16.5 Å². The van der Waals surface area contributed by atoms with Crippen LogP contribution in [0.5, 0.6) is 0 Å². The number of hydrogen-bond acceptors (Lipinski definition) is 7. The molecule has 0 aliphatic heterocycles. The highest BCUT2D eigenvalue weighted by Gasteiger charge is 2.15. The monoisotopic (exact) mass is 377 g/mol. The third kappa shape index (κ3) is 3.91.